The van der Waals surface area contributed by atoms with E-state index < -0.39 is 0 Å². The normalized spacial score (nSPS) is 10.7. The van der Waals surface area contributed by atoms with Crippen molar-refractivity contribution in [2.75, 3.05) is 7.11 Å². The molecule has 2 aromatic rings. The molecule has 2 rings (SSSR count). The van der Waals surface area contributed by atoms with E-state index in [2.05, 4.69) is 0 Å². The van der Waals surface area contributed by atoms with E-state index in [1.54, 1.807) is 30.3 Å². The summed E-state index contributed by atoms with van der Waals surface area (Å²) in [6, 6.07) is 12.1. The van der Waals surface area contributed by atoms with Gasteiger partial charge in [-0.25, -0.2) is 0 Å². The fraction of sp³-hybridized carbons (Fsp3) is 0.0667. The number of ether oxygens (including phenoxy) is 1. The maximum atomic E-state index is 9.47. The lowest BCUT2D eigenvalue weighted by Gasteiger charge is -2.03. The van der Waals surface area contributed by atoms with Crippen LogP contribution in [0.15, 0.2) is 42.5 Å². The summed E-state index contributed by atoms with van der Waals surface area (Å²) in [6.07, 6.45) is 3.83. The number of benzene rings is 2. The zero-order valence-electron chi connectivity index (χ0n) is 10.00. The Labute approximate surface area is 106 Å². The van der Waals surface area contributed by atoms with Gasteiger partial charge in [0.1, 0.15) is 5.75 Å². The number of hydrogen-bond acceptors (Lipinski definition) is 3. The van der Waals surface area contributed by atoms with Gasteiger partial charge >= 0.3 is 0 Å². The monoisotopic (exact) mass is 242 g/mol. The SMILES string of the molecule is COc1cc(C=Cc2ccc(O)cc2)ccc1O. The Balaban J connectivity index is 2.20. The minimum absolute atomic E-state index is 0.124. The van der Waals surface area contributed by atoms with Crippen molar-refractivity contribution in [1.29, 1.82) is 0 Å². The standard InChI is InChI=1S/C15H14O3/c1-18-15-10-12(6-9-14(15)17)3-2-11-4-7-13(16)8-5-11/h2-10,16-17H,1H3. The lowest BCUT2D eigenvalue weighted by atomic mass is 10.1. The van der Waals surface area contributed by atoms with Crippen molar-refractivity contribution < 1.29 is 14.9 Å². The first kappa shape index (κ1) is 12.0. The second-order valence-electron chi connectivity index (χ2n) is 3.86. The molecule has 0 amide bonds. The molecule has 18 heavy (non-hydrogen) atoms. The molecule has 2 aromatic carbocycles. The molecule has 0 heterocycles. The molecule has 0 atom stereocenters. The van der Waals surface area contributed by atoms with Gasteiger partial charge in [-0.05, 0) is 35.4 Å². The highest BCUT2D eigenvalue weighted by atomic mass is 16.5. The first-order valence-corrected chi connectivity index (χ1v) is 5.53. The molecule has 0 saturated carbocycles. The van der Waals surface area contributed by atoms with Crippen LogP contribution < -0.4 is 4.74 Å². The van der Waals surface area contributed by atoms with Crippen LogP contribution >= 0.6 is 0 Å². The predicted molar refractivity (Wildman–Crippen MR) is 71.7 cm³/mol. The first-order chi connectivity index (χ1) is 8.69. The Bertz CT molecular complexity index is 556. The Kier molecular flexibility index (Phi) is 3.53. The zero-order valence-corrected chi connectivity index (χ0v) is 10.00. The fourth-order valence-electron chi connectivity index (χ4n) is 1.58. The number of phenols is 2. The van der Waals surface area contributed by atoms with Crippen molar-refractivity contribution in [2.24, 2.45) is 0 Å². The van der Waals surface area contributed by atoms with E-state index >= 15 is 0 Å². The van der Waals surface area contributed by atoms with Crippen LogP contribution in [0.4, 0.5) is 0 Å². The molecule has 0 saturated heterocycles. The van der Waals surface area contributed by atoms with Gasteiger partial charge in [0.15, 0.2) is 11.5 Å². The highest BCUT2D eigenvalue weighted by molar-refractivity contribution is 5.71. The molecule has 0 spiro atoms. The van der Waals surface area contributed by atoms with Gasteiger partial charge in [0.2, 0.25) is 0 Å². The minimum Gasteiger partial charge on any atom is -0.508 e. The second kappa shape index (κ2) is 5.27. The summed E-state index contributed by atoms with van der Waals surface area (Å²) in [5, 5.41) is 18.6. The third-order valence-electron chi connectivity index (χ3n) is 2.57. The molecule has 3 nitrogen and oxygen atoms in total. The number of hydrogen-bond donors (Lipinski definition) is 2. The maximum absolute atomic E-state index is 9.47. The number of rotatable bonds is 3. The second-order valence-corrected chi connectivity index (χ2v) is 3.86. The van der Waals surface area contributed by atoms with E-state index in [9.17, 15) is 10.2 Å². The van der Waals surface area contributed by atoms with Crippen LogP contribution in [-0.2, 0) is 0 Å². The Morgan fingerprint density at radius 2 is 1.50 bits per heavy atom. The molecule has 0 radical (unpaired) electrons. The molecule has 0 aliphatic carbocycles. The highest BCUT2D eigenvalue weighted by Crippen LogP contribution is 2.27. The molecule has 92 valence electrons. The van der Waals surface area contributed by atoms with E-state index in [0.717, 1.165) is 11.1 Å². The van der Waals surface area contributed by atoms with Crippen LogP contribution in [0.3, 0.4) is 0 Å². The lowest BCUT2D eigenvalue weighted by molar-refractivity contribution is 0.373. The maximum Gasteiger partial charge on any atom is 0.161 e. The van der Waals surface area contributed by atoms with Gasteiger partial charge in [-0.1, -0.05) is 30.4 Å². The van der Waals surface area contributed by atoms with Crippen molar-refractivity contribution in [3.8, 4) is 17.2 Å². The van der Waals surface area contributed by atoms with E-state index in [0.29, 0.717) is 5.75 Å². The summed E-state index contributed by atoms with van der Waals surface area (Å²) in [4.78, 5) is 0. The third kappa shape index (κ3) is 2.83. The molecule has 0 unspecified atom stereocenters. The largest absolute Gasteiger partial charge is 0.508 e. The predicted octanol–water partition coefficient (Wildman–Crippen LogP) is 3.28. The van der Waals surface area contributed by atoms with Crippen LogP contribution in [0.1, 0.15) is 11.1 Å². The van der Waals surface area contributed by atoms with Crippen molar-refractivity contribution in [3.63, 3.8) is 0 Å². The highest BCUT2D eigenvalue weighted by Gasteiger charge is 2.00. The zero-order chi connectivity index (χ0) is 13.0. The van der Waals surface area contributed by atoms with E-state index in [-0.39, 0.29) is 11.5 Å². The van der Waals surface area contributed by atoms with Crippen molar-refractivity contribution in [1.82, 2.24) is 0 Å². The lowest BCUT2D eigenvalue weighted by Crippen LogP contribution is -1.84. The fourth-order valence-corrected chi connectivity index (χ4v) is 1.58. The Morgan fingerprint density at radius 1 is 0.889 bits per heavy atom. The topological polar surface area (TPSA) is 49.7 Å². The van der Waals surface area contributed by atoms with Gasteiger partial charge < -0.3 is 14.9 Å². The number of aromatic hydroxyl groups is 2. The van der Waals surface area contributed by atoms with Gasteiger partial charge in [0, 0.05) is 0 Å². The van der Waals surface area contributed by atoms with Gasteiger partial charge in [-0.2, -0.15) is 0 Å². The van der Waals surface area contributed by atoms with Crippen molar-refractivity contribution in [3.05, 3.63) is 53.6 Å². The number of phenolic OH excluding ortho intramolecular Hbond substituents is 2. The quantitative estimate of drug-likeness (QED) is 0.812. The van der Waals surface area contributed by atoms with Crippen LogP contribution in [0, 0.1) is 0 Å². The molecule has 0 aliphatic heterocycles. The van der Waals surface area contributed by atoms with Gasteiger partial charge in [0.25, 0.3) is 0 Å². The molecule has 0 fully saturated rings. The molecule has 3 heteroatoms. The van der Waals surface area contributed by atoms with Crippen LogP contribution in [-0.4, -0.2) is 17.3 Å². The summed E-state index contributed by atoms with van der Waals surface area (Å²) >= 11 is 0. The molecular weight excluding hydrogens is 228 g/mol. The van der Waals surface area contributed by atoms with E-state index in [1.165, 1.54) is 7.11 Å². The molecular formula is C15H14O3. The van der Waals surface area contributed by atoms with Gasteiger partial charge in [0.05, 0.1) is 7.11 Å². The van der Waals surface area contributed by atoms with Crippen LogP contribution in [0.5, 0.6) is 17.2 Å². The van der Waals surface area contributed by atoms with Crippen molar-refractivity contribution >= 4 is 12.2 Å². The Morgan fingerprint density at radius 3 is 2.17 bits per heavy atom. The molecule has 2 N–H and O–H groups in total. The molecule has 0 aromatic heterocycles. The summed E-state index contributed by atoms with van der Waals surface area (Å²) in [5.74, 6) is 0.820. The first-order valence-electron chi connectivity index (χ1n) is 5.53. The third-order valence-corrected chi connectivity index (χ3v) is 2.57. The average Bonchev–Trinajstić information content (AvgIpc) is 2.39. The summed E-state index contributed by atoms with van der Waals surface area (Å²) in [7, 11) is 1.52. The van der Waals surface area contributed by atoms with Crippen LogP contribution in [0.2, 0.25) is 0 Å². The summed E-state index contributed by atoms with van der Waals surface area (Å²) in [5.41, 5.74) is 1.91. The van der Waals surface area contributed by atoms with E-state index in [4.69, 9.17) is 4.74 Å². The van der Waals surface area contributed by atoms with Crippen LogP contribution in [0.25, 0.3) is 12.2 Å². The molecule has 0 aliphatic rings. The van der Waals surface area contributed by atoms with Gasteiger partial charge in [-0.15, -0.1) is 0 Å². The van der Waals surface area contributed by atoms with Gasteiger partial charge in [-0.3, -0.25) is 0 Å². The average molecular weight is 242 g/mol. The van der Waals surface area contributed by atoms with E-state index in [1.807, 2.05) is 24.3 Å². The van der Waals surface area contributed by atoms with Crippen molar-refractivity contribution in [2.45, 2.75) is 0 Å². The smallest absolute Gasteiger partial charge is 0.161 e. The number of methoxy groups -OCH3 is 1. The minimum atomic E-state index is 0.124. The Hall–Kier alpha value is -2.42. The summed E-state index contributed by atoms with van der Waals surface area (Å²) in [6.45, 7) is 0. The molecule has 0 bridgehead atoms. The summed E-state index contributed by atoms with van der Waals surface area (Å²) < 4.78 is 5.04.